The number of unbranched alkanes of at least 4 members (excludes halogenated alkanes) is 2. The summed E-state index contributed by atoms with van der Waals surface area (Å²) in [6.45, 7) is 3.26. The zero-order valence-electron chi connectivity index (χ0n) is 25.6. The number of halogens is 6. The fourth-order valence-electron chi connectivity index (χ4n) is 8.40. The second-order valence-corrected chi connectivity index (χ2v) is 16.1. The Morgan fingerprint density at radius 2 is 1.70 bits per heavy atom. The van der Waals surface area contributed by atoms with Crippen molar-refractivity contribution in [3.8, 4) is 5.75 Å². The minimum atomic E-state index is -5.68. The zero-order chi connectivity index (χ0) is 32.5. The molecule has 4 rings (SSSR count). The molecule has 2 N–H and O–H groups in total. The molecule has 252 valence electrons. The predicted octanol–water partition coefficient (Wildman–Crippen LogP) is 7.06. The van der Waals surface area contributed by atoms with Crippen LogP contribution >= 0.6 is 0 Å². The molecule has 12 heteroatoms. The number of phenolic OH excluding ortho intramolecular Hbond substituents is 1. The van der Waals surface area contributed by atoms with Gasteiger partial charge in [0.25, 0.3) is 0 Å². The Labute approximate surface area is 257 Å². The summed E-state index contributed by atoms with van der Waals surface area (Å²) >= 11 is 0. The molecule has 5 nitrogen and oxygen atoms in total. The molecular weight excluding hydrogens is 608 g/mol. The lowest BCUT2D eigenvalue weighted by atomic mass is 9.52. The van der Waals surface area contributed by atoms with Gasteiger partial charge in [0.15, 0.2) is 0 Å². The van der Waals surface area contributed by atoms with Crippen LogP contribution in [0.15, 0.2) is 18.2 Å². The average molecular weight is 656 g/mol. The maximum Gasteiger partial charge on any atom is 0.453 e. The van der Waals surface area contributed by atoms with Crippen molar-refractivity contribution in [2.45, 2.75) is 108 Å². The first kappa shape index (κ1) is 35.3. The molecule has 3 aliphatic carbocycles. The summed E-state index contributed by atoms with van der Waals surface area (Å²) in [5, 5.41) is 20.9. The van der Waals surface area contributed by atoms with Crippen LogP contribution in [-0.2, 0) is 16.3 Å². The van der Waals surface area contributed by atoms with Crippen LogP contribution in [0, 0.1) is 23.2 Å². The number of hydrogen-bond donors (Lipinski definition) is 2. The summed E-state index contributed by atoms with van der Waals surface area (Å²) in [5.41, 5.74) is 2.00. The molecule has 1 aromatic rings. The molecule has 7 atom stereocenters. The van der Waals surface area contributed by atoms with Crippen molar-refractivity contribution in [3.63, 3.8) is 0 Å². The van der Waals surface area contributed by atoms with Crippen molar-refractivity contribution in [2.24, 2.45) is 23.2 Å². The summed E-state index contributed by atoms with van der Waals surface area (Å²) < 4.78 is 102. The molecule has 0 saturated heterocycles. The van der Waals surface area contributed by atoms with Crippen LogP contribution in [-0.4, -0.2) is 79.5 Å². The van der Waals surface area contributed by atoms with Gasteiger partial charge in [0, 0.05) is 6.42 Å². The van der Waals surface area contributed by atoms with Crippen LogP contribution in [0.3, 0.4) is 0 Å². The standard InChI is InChI=1S/C32H47F6NO4S/c1-30-13-11-25-24-10-9-23(40)19-22(24)18-21(28(25)26(30)20-27(33)29(30)41)8-4-3-5-14-39(2)15-7-17-44(42,43)16-6-12-31(34,35)32(36,37)38/h9-10,19,21,25-29,40-41H,3-8,11-18,20H2,1-2H3/t21-,25-,26+,27-,28-,29+,30+/m1/s1. The second-order valence-electron chi connectivity index (χ2n) is 13.8. The lowest BCUT2D eigenvalue weighted by Crippen LogP contribution is -2.47. The number of phenols is 1. The third-order valence-electron chi connectivity index (χ3n) is 10.8. The molecule has 1 aromatic carbocycles. The Balaban J connectivity index is 1.22. The van der Waals surface area contributed by atoms with Gasteiger partial charge in [-0.25, -0.2) is 12.8 Å². The van der Waals surface area contributed by atoms with Crippen molar-refractivity contribution < 1.29 is 45.0 Å². The molecule has 3 aliphatic rings. The molecule has 2 saturated carbocycles. The number of nitrogens with zero attached hydrogens (tertiary/aromatic N) is 1. The molecule has 0 radical (unpaired) electrons. The van der Waals surface area contributed by atoms with Crippen molar-refractivity contribution in [3.05, 3.63) is 29.3 Å². The summed E-state index contributed by atoms with van der Waals surface area (Å²) in [5.74, 6) is -4.57. The van der Waals surface area contributed by atoms with E-state index in [1.165, 1.54) is 11.1 Å². The molecule has 2 fully saturated rings. The van der Waals surface area contributed by atoms with E-state index < -0.39 is 58.2 Å². The number of fused-ring (bicyclic) bond motifs is 5. The van der Waals surface area contributed by atoms with Gasteiger partial charge in [-0.3, -0.25) is 0 Å². The number of benzene rings is 1. The van der Waals surface area contributed by atoms with Gasteiger partial charge in [-0.1, -0.05) is 25.8 Å². The topological polar surface area (TPSA) is 77.8 Å². The Morgan fingerprint density at radius 1 is 1.02 bits per heavy atom. The summed E-state index contributed by atoms with van der Waals surface area (Å²) in [4.78, 5) is 2.00. The van der Waals surface area contributed by atoms with Gasteiger partial charge < -0.3 is 15.1 Å². The smallest absolute Gasteiger partial charge is 0.453 e. The molecule has 0 heterocycles. The van der Waals surface area contributed by atoms with Crippen molar-refractivity contribution in [1.82, 2.24) is 4.90 Å². The molecule has 0 amide bonds. The molecule has 0 aliphatic heterocycles. The number of rotatable bonds is 14. The fourth-order valence-corrected chi connectivity index (χ4v) is 9.75. The molecule has 0 unspecified atom stereocenters. The van der Waals surface area contributed by atoms with Crippen molar-refractivity contribution >= 4 is 9.84 Å². The molecule has 44 heavy (non-hydrogen) atoms. The SMILES string of the molecule is CN(CCCCC[C@@H]1Cc2cc(O)ccc2[C@H]2CC[C@]3(C)[C@@H](O)[C@H](F)C[C@H]3[C@H]12)CCCS(=O)(=O)CCCC(F)(F)C(F)(F)F. The highest BCUT2D eigenvalue weighted by molar-refractivity contribution is 7.91. The van der Waals surface area contributed by atoms with Crippen molar-refractivity contribution in [1.29, 1.82) is 0 Å². The van der Waals surface area contributed by atoms with E-state index in [1.54, 1.807) is 6.07 Å². The number of aromatic hydroxyl groups is 1. The second kappa shape index (κ2) is 13.7. The van der Waals surface area contributed by atoms with Gasteiger partial charge in [-0.2, -0.15) is 22.0 Å². The molecular formula is C32H47F6NO4S. The highest BCUT2D eigenvalue weighted by Gasteiger charge is 2.60. The van der Waals surface area contributed by atoms with E-state index in [4.69, 9.17) is 0 Å². The van der Waals surface area contributed by atoms with Crippen LogP contribution in [0.1, 0.15) is 88.2 Å². The number of alkyl halides is 6. The first-order chi connectivity index (χ1) is 20.4. The number of aliphatic hydroxyl groups is 1. The van der Waals surface area contributed by atoms with E-state index >= 15 is 0 Å². The highest BCUT2D eigenvalue weighted by atomic mass is 32.2. The van der Waals surface area contributed by atoms with Gasteiger partial charge >= 0.3 is 12.1 Å². The summed E-state index contributed by atoms with van der Waals surface area (Å²) in [6, 6.07) is 5.62. The normalized spacial score (nSPS) is 30.7. The van der Waals surface area contributed by atoms with Gasteiger partial charge in [-0.15, -0.1) is 0 Å². The monoisotopic (exact) mass is 655 g/mol. The Kier molecular flexibility index (Phi) is 11.0. The van der Waals surface area contributed by atoms with E-state index in [0.29, 0.717) is 24.8 Å². The first-order valence-electron chi connectivity index (χ1n) is 15.9. The number of aliphatic hydroxyl groups excluding tert-OH is 1. The van der Waals surface area contributed by atoms with Crippen LogP contribution in [0.4, 0.5) is 26.3 Å². The third kappa shape index (κ3) is 7.88. The zero-order valence-corrected chi connectivity index (χ0v) is 26.5. The Bertz CT molecular complexity index is 1230. The Morgan fingerprint density at radius 3 is 2.41 bits per heavy atom. The summed E-state index contributed by atoms with van der Waals surface area (Å²) in [7, 11) is -1.85. The van der Waals surface area contributed by atoms with E-state index in [1.807, 2.05) is 24.1 Å². The van der Waals surface area contributed by atoms with Crippen LogP contribution < -0.4 is 0 Å². The average Bonchev–Trinajstić information content (AvgIpc) is 3.15. The molecule has 0 spiro atoms. The maximum absolute atomic E-state index is 14.8. The van der Waals surface area contributed by atoms with E-state index in [-0.39, 0.29) is 29.8 Å². The van der Waals surface area contributed by atoms with E-state index in [2.05, 4.69) is 6.92 Å². The quantitative estimate of drug-likeness (QED) is 0.166. The summed E-state index contributed by atoms with van der Waals surface area (Å²) in [6.07, 6.45) is -3.13. The highest BCUT2D eigenvalue weighted by Crippen LogP contribution is 2.63. The van der Waals surface area contributed by atoms with Crippen molar-refractivity contribution in [2.75, 3.05) is 31.6 Å². The van der Waals surface area contributed by atoms with E-state index in [9.17, 15) is 45.0 Å². The minimum absolute atomic E-state index is 0.113. The van der Waals surface area contributed by atoms with Gasteiger partial charge in [0.1, 0.15) is 21.8 Å². The van der Waals surface area contributed by atoms with Crippen LogP contribution in [0.2, 0.25) is 0 Å². The third-order valence-corrected chi connectivity index (χ3v) is 12.6. The lowest BCUT2D eigenvalue weighted by Gasteiger charge is -2.53. The van der Waals surface area contributed by atoms with Gasteiger partial charge in [-0.05, 0) is 124 Å². The number of sulfone groups is 1. The van der Waals surface area contributed by atoms with Crippen LogP contribution in [0.25, 0.3) is 0 Å². The van der Waals surface area contributed by atoms with Crippen LogP contribution in [0.5, 0.6) is 5.75 Å². The minimum Gasteiger partial charge on any atom is -0.508 e. The fraction of sp³-hybridized carbons (Fsp3) is 0.812. The number of hydrogen-bond acceptors (Lipinski definition) is 5. The maximum atomic E-state index is 14.8. The largest absolute Gasteiger partial charge is 0.508 e. The Hall–Kier alpha value is -1.53. The predicted molar refractivity (Wildman–Crippen MR) is 157 cm³/mol. The lowest BCUT2D eigenvalue weighted by molar-refractivity contribution is -0.284. The first-order valence-corrected chi connectivity index (χ1v) is 17.7. The molecule has 0 bridgehead atoms. The van der Waals surface area contributed by atoms with Gasteiger partial charge in [0.05, 0.1) is 17.6 Å². The van der Waals surface area contributed by atoms with E-state index in [0.717, 1.165) is 51.5 Å². The van der Waals surface area contributed by atoms with Gasteiger partial charge in [0.2, 0.25) is 0 Å². The molecule has 0 aromatic heterocycles.